The maximum absolute atomic E-state index is 12.7. The number of nitrogens with one attached hydrogen (secondary N) is 2. The van der Waals surface area contributed by atoms with Crippen LogP contribution in [-0.2, 0) is 19.1 Å². The zero-order valence-electron chi connectivity index (χ0n) is 13.8. The molecule has 0 saturated heterocycles. The van der Waals surface area contributed by atoms with Crippen molar-refractivity contribution in [1.82, 2.24) is 15.6 Å². The lowest BCUT2D eigenvalue weighted by Gasteiger charge is -2.30. The molecule has 2 aromatic rings. The van der Waals surface area contributed by atoms with Crippen LogP contribution >= 0.6 is 0 Å². The molecule has 1 aromatic carbocycles. The predicted octanol–water partition coefficient (Wildman–Crippen LogP) is 1.91. The highest BCUT2D eigenvalue weighted by atomic mass is 19.4. The third-order valence-corrected chi connectivity index (χ3v) is 4.36. The van der Waals surface area contributed by atoms with Crippen molar-refractivity contribution >= 4 is 5.91 Å². The number of hydrogen-bond donors (Lipinski definition) is 3. The number of alkyl halides is 3. The molecule has 0 fully saturated rings. The van der Waals surface area contributed by atoms with Crippen LogP contribution in [0.5, 0.6) is 0 Å². The molecule has 1 aromatic heterocycles. The zero-order chi connectivity index (χ0) is 18.7. The minimum atomic E-state index is -4.62. The van der Waals surface area contributed by atoms with Gasteiger partial charge in [-0.1, -0.05) is 24.3 Å². The summed E-state index contributed by atoms with van der Waals surface area (Å²) in [6.45, 7) is 0.549. The number of carbonyl (C=O) groups is 1. The molecule has 0 aliphatic carbocycles. The van der Waals surface area contributed by atoms with Gasteiger partial charge in [-0.3, -0.25) is 9.78 Å². The van der Waals surface area contributed by atoms with Crippen molar-refractivity contribution in [1.29, 1.82) is 0 Å². The number of benzene rings is 1. The van der Waals surface area contributed by atoms with Crippen LogP contribution in [-0.4, -0.2) is 34.7 Å². The standard InChI is InChI=1S/C18H18F3N3O2/c19-18(20,21)16-8-12(5-6-22-16)17(26)24-10-15(25)14-7-11-3-1-2-4-13(11)9-23-14/h1-6,8,14-15,23,25H,7,9-10H2,(H,24,26)/t14-,15+/m0/s1. The molecular weight excluding hydrogens is 347 g/mol. The molecule has 2 heterocycles. The molecule has 0 unspecified atom stereocenters. The molecule has 26 heavy (non-hydrogen) atoms. The van der Waals surface area contributed by atoms with Crippen molar-refractivity contribution in [2.75, 3.05) is 6.54 Å². The Morgan fingerprint density at radius 3 is 2.77 bits per heavy atom. The third kappa shape index (κ3) is 4.20. The molecule has 0 saturated carbocycles. The number of aliphatic hydroxyl groups excluding tert-OH is 1. The number of hydrogen-bond acceptors (Lipinski definition) is 4. The lowest BCUT2D eigenvalue weighted by molar-refractivity contribution is -0.141. The number of amides is 1. The summed E-state index contributed by atoms with van der Waals surface area (Å²) in [5, 5.41) is 16.0. The topological polar surface area (TPSA) is 74.2 Å². The van der Waals surface area contributed by atoms with Gasteiger partial charge < -0.3 is 15.7 Å². The monoisotopic (exact) mass is 365 g/mol. The van der Waals surface area contributed by atoms with Crippen LogP contribution in [0.15, 0.2) is 42.6 Å². The van der Waals surface area contributed by atoms with Gasteiger partial charge in [0.25, 0.3) is 5.91 Å². The SMILES string of the molecule is O=C(NC[C@@H](O)[C@@H]1Cc2ccccc2CN1)c1ccnc(C(F)(F)F)c1. The van der Waals surface area contributed by atoms with Crippen molar-refractivity contribution in [3.8, 4) is 0 Å². The molecule has 0 radical (unpaired) electrons. The lowest BCUT2D eigenvalue weighted by atomic mass is 9.93. The van der Waals surface area contributed by atoms with Crippen molar-refractivity contribution in [2.45, 2.75) is 31.3 Å². The van der Waals surface area contributed by atoms with Crippen LogP contribution in [0.3, 0.4) is 0 Å². The highest BCUT2D eigenvalue weighted by Gasteiger charge is 2.33. The van der Waals surface area contributed by atoms with Gasteiger partial charge in [0.15, 0.2) is 0 Å². The molecule has 1 amide bonds. The van der Waals surface area contributed by atoms with E-state index in [1.807, 2.05) is 24.3 Å². The Hall–Kier alpha value is -2.45. The van der Waals surface area contributed by atoms with Crippen molar-refractivity contribution in [2.24, 2.45) is 0 Å². The second-order valence-corrected chi connectivity index (χ2v) is 6.17. The number of nitrogens with zero attached hydrogens (tertiary/aromatic N) is 1. The van der Waals surface area contributed by atoms with Gasteiger partial charge >= 0.3 is 6.18 Å². The van der Waals surface area contributed by atoms with Crippen LogP contribution in [0.2, 0.25) is 0 Å². The predicted molar refractivity (Wildman–Crippen MR) is 88.4 cm³/mol. The van der Waals surface area contributed by atoms with E-state index in [1.54, 1.807) is 0 Å². The fourth-order valence-electron chi connectivity index (χ4n) is 2.92. The second kappa shape index (κ2) is 7.43. The minimum Gasteiger partial charge on any atom is -0.390 e. The molecule has 138 valence electrons. The van der Waals surface area contributed by atoms with E-state index < -0.39 is 23.9 Å². The lowest BCUT2D eigenvalue weighted by Crippen LogP contribution is -2.49. The molecule has 0 spiro atoms. The number of fused-ring (bicyclic) bond motifs is 1. The third-order valence-electron chi connectivity index (χ3n) is 4.36. The van der Waals surface area contributed by atoms with Crippen molar-refractivity contribution < 1.29 is 23.1 Å². The summed E-state index contributed by atoms with van der Waals surface area (Å²) in [6, 6.07) is 9.52. The normalized spacial score (nSPS) is 18.1. The van der Waals surface area contributed by atoms with Gasteiger partial charge in [-0.2, -0.15) is 13.2 Å². The van der Waals surface area contributed by atoms with Crippen LogP contribution in [0.25, 0.3) is 0 Å². The number of rotatable bonds is 4. The summed E-state index contributed by atoms with van der Waals surface area (Å²) in [4.78, 5) is 15.3. The van der Waals surface area contributed by atoms with Gasteiger partial charge in [0, 0.05) is 30.9 Å². The van der Waals surface area contributed by atoms with E-state index in [4.69, 9.17) is 0 Å². The van der Waals surface area contributed by atoms with Crippen LogP contribution in [0.1, 0.15) is 27.2 Å². The van der Waals surface area contributed by atoms with E-state index in [-0.39, 0.29) is 18.2 Å². The largest absolute Gasteiger partial charge is 0.433 e. The van der Waals surface area contributed by atoms with Gasteiger partial charge in [0.1, 0.15) is 5.69 Å². The minimum absolute atomic E-state index is 0.0671. The summed E-state index contributed by atoms with van der Waals surface area (Å²) in [5.74, 6) is -0.687. The molecule has 5 nitrogen and oxygen atoms in total. The summed E-state index contributed by atoms with van der Waals surface area (Å²) in [7, 11) is 0. The summed E-state index contributed by atoms with van der Waals surface area (Å²) in [6.07, 6.45) is -3.93. The van der Waals surface area contributed by atoms with Gasteiger partial charge in [0.2, 0.25) is 0 Å². The zero-order valence-corrected chi connectivity index (χ0v) is 13.8. The maximum atomic E-state index is 12.7. The molecule has 1 aliphatic rings. The first-order chi connectivity index (χ1) is 12.3. The van der Waals surface area contributed by atoms with E-state index in [9.17, 15) is 23.1 Å². The molecule has 1 aliphatic heterocycles. The summed E-state index contributed by atoms with van der Waals surface area (Å²) in [5.41, 5.74) is 1.01. The quantitative estimate of drug-likeness (QED) is 0.774. The van der Waals surface area contributed by atoms with Gasteiger partial charge in [-0.15, -0.1) is 0 Å². The Morgan fingerprint density at radius 2 is 2.04 bits per heavy atom. The molecule has 3 N–H and O–H groups in total. The Bertz CT molecular complexity index is 795. The number of aliphatic hydroxyl groups is 1. The number of pyridine rings is 1. The van der Waals surface area contributed by atoms with Crippen molar-refractivity contribution in [3.05, 3.63) is 65.0 Å². The Kier molecular flexibility index (Phi) is 5.24. The van der Waals surface area contributed by atoms with Gasteiger partial charge in [-0.05, 0) is 29.7 Å². The Morgan fingerprint density at radius 1 is 1.31 bits per heavy atom. The smallest absolute Gasteiger partial charge is 0.390 e. The van der Waals surface area contributed by atoms with Crippen LogP contribution in [0.4, 0.5) is 13.2 Å². The van der Waals surface area contributed by atoms with E-state index in [0.717, 1.165) is 17.3 Å². The first kappa shape index (κ1) is 18.3. The molecule has 2 atom stereocenters. The Labute approximate surface area is 148 Å². The number of carbonyl (C=O) groups excluding carboxylic acids is 1. The van der Waals surface area contributed by atoms with Gasteiger partial charge in [0.05, 0.1) is 6.10 Å². The number of halogens is 3. The van der Waals surface area contributed by atoms with Crippen molar-refractivity contribution in [3.63, 3.8) is 0 Å². The molecule has 0 bridgehead atoms. The summed E-state index contributed by atoms with van der Waals surface area (Å²) < 4.78 is 38.0. The van der Waals surface area contributed by atoms with Crippen LogP contribution < -0.4 is 10.6 Å². The van der Waals surface area contributed by atoms with E-state index >= 15 is 0 Å². The van der Waals surface area contributed by atoms with Gasteiger partial charge in [-0.25, -0.2) is 0 Å². The average molecular weight is 365 g/mol. The molecular formula is C18H18F3N3O2. The van der Waals surface area contributed by atoms with E-state index in [1.165, 1.54) is 6.07 Å². The summed E-state index contributed by atoms with van der Waals surface area (Å²) >= 11 is 0. The van der Waals surface area contributed by atoms with E-state index in [2.05, 4.69) is 15.6 Å². The fourth-order valence-corrected chi connectivity index (χ4v) is 2.92. The highest BCUT2D eigenvalue weighted by molar-refractivity contribution is 5.94. The van der Waals surface area contributed by atoms with E-state index in [0.29, 0.717) is 19.0 Å². The fraction of sp³-hybridized carbons (Fsp3) is 0.333. The molecule has 8 heteroatoms. The Balaban J connectivity index is 1.58. The molecule has 3 rings (SSSR count). The first-order valence-corrected chi connectivity index (χ1v) is 8.14. The second-order valence-electron chi connectivity index (χ2n) is 6.17. The average Bonchev–Trinajstić information content (AvgIpc) is 2.64. The number of aromatic nitrogens is 1. The maximum Gasteiger partial charge on any atom is 0.433 e. The highest BCUT2D eigenvalue weighted by Crippen LogP contribution is 2.27. The van der Waals surface area contributed by atoms with Crippen LogP contribution in [0, 0.1) is 0 Å². The first-order valence-electron chi connectivity index (χ1n) is 8.14.